The Bertz CT molecular complexity index is 426. The Morgan fingerprint density at radius 1 is 1.60 bits per heavy atom. The molecule has 5 nitrogen and oxygen atoms in total. The molecule has 0 radical (unpaired) electrons. The average Bonchev–Trinajstić information content (AvgIpc) is 2.90. The van der Waals surface area contributed by atoms with E-state index < -0.39 is 5.76 Å². The van der Waals surface area contributed by atoms with Gasteiger partial charge in [-0.1, -0.05) is 13.8 Å². The molecular weight excluding hydrogens is 196 g/mol. The first-order valence-electron chi connectivity index (χ1n) is 5.20. The second kappa shape index (κ2) is 3.64. The number of aromatic nitrogens is 2. The number of carbonyl (C=O) groups is 1. The molecule has 82 valence electrons. The van der Waals surface area contributed by atoms with Crippen LogP contribution in [-0.2, 0) is 6.54 Å². The molecule has 1 saturated carbocycles. The summed E-state index contributed by atoms with van der Waals surface area (Å²) in [7, 11) is 0. The Morgan fingerprint density at radius 2 is 2.27 bits per heavy atom. The number of nitrogens with zero attached hydrogens (tertiary/aromatic N) is 2. The van der Waals surface area contributed by atoms with Gasteiger partial charge < -0.3 is 4.42 Å². The number of hydrogen-bond donors (Lipinski definition) is 0. The molecule has 0 aliphatic heterocycles. The molecule has 0 N–H and O–H groups in total. The van der Waals surface area contributed by atoms with Gasteiger partial charge >= 0.3 is 5.76 Å². The molecule has 2 rings (SSSR count). The largest absolute Gasteiger partial charge is 0.437 e. The number of carbonyl (C=O) groups excluding carboxylic acids is 1. The molecule has 0 spiro atoms. The molecule has 1 fully saturated rings. The topological polar surface area (TPSA) is 65.1 Å². The zero-order valence-corrected chi connectivity index (χ0v) is 8.90. The lowest BCUT2D eigenvalue weighted by atomic mass is 10.1. The van der Waals surface area contributed by atoms with Crippen molar-refractivity contribution in [2.75, 3.05) is 0 Å². The maximum atomic E-state index is 11.5. The Hall–Kier alpha value is -1.39. The summed E-state index contributed by atoms with van der Waals surface area (Å²) in [5.41, 5.74) is 0. The minimum absolute atomic E-state index is 0.0596. The Kier molecular flexibility index (Phi) is 2.46. The summed E-state index contributed by atoms with van der Waals surface area (Å²) in [6.45, 7) is 4.08. The molecule has 1 heterocycles. The van der Waals surface area contributed by atoms with E-state index in [1.165, 1.54) is 4.68 Å². The standard InChI is InChI=1S/C10H14N2O3/c1-6(2)8(13)9-11-12(10(14)15-9)5-7-3-4-7/h6-7H,3-5H2,1-2H3. The minimum atomic E-state index is -0.522. The lowest BCUT2D eigenvalue weighted by Gasteiger charge is -1.96. The van der Waals surface area contributed by atoms with Crippen LogP contribution in [0.5, 0.6) is 0 Å². The molecule has 0 aromatic carbocycles. The van der Waals surface area contributed by atoms with Gasteiger partial charge in [0.25, 0.3) is 5.89 Å². The molecule has 15 heavy (non-hydrogen) atoms. The average molecular weight is 210 g/mol. The summed E-state index contributed by atoms with van der Waals surface area (Å²) >= 11 is 0. The Labute approximate surface area is 87.1 Å². The first-order valence-corrected chi connectivity index (χ1v) is 5.20. The van der Waals surface area contributed by atoms with E-state index in [9.17, 15) is 9.59 Å². The lowest BCUT2D eigenvalue weighted by molar-refractivity contribution is 0.0902. The zero-order valence-electron chi connectivity index (χ0n) is 8.90. The molecule has 1 aromatic heterocycles. The van der Waals surface area contributed by atoms with Gasteiger partial charge in [-0.2, -0.15) is 4.68 Å². The lowest BCUT2D eigenvalue weighted by Crippen LogP contribution is -2.17. The van der Waals surface area contributed by atoms with E-state index in [0.29, 0.717) is 12.5 Å². The van der Waals surface area contributed by atoms with E-state index in [-0.39, 0.29) is 17.6 Å². The maximum absolute atomic E-state index is 11.5. The molecule has 0 atom stereocenters. The van der Waals surface area contributed by atoms with E-state index in [0.717, 1.165) is 12.8 Å². The van der Waals surface area contributed by atoms with Gasteiger partial charge in [0.1, 0.15) is 0 Å². The predicted molar refractivity (Wildman–Crippen MR) is 52.7 cm³/mol. The number of ketones is 1. The molecule has 0 amide bonds. The molecular formula is C10H14N2O3. The minimum Gasteiger partial charge on any atom is -0.384 e. The summed E-state index contributed by atoms with van der Waals surface area (Å²) in [5.74, 6) is -0.463. The van der Waals surface area contributed by atoms with Gasteiger partial charge in [0, 0.05) is 5.92 Å². The van der Waals surface area contributed by atoms with Crippen molar-refractivity contribution in [1.29, 1.82) is 0 Å². The van der Waals surface area contributed by atoms with E-state index >= 15 is 0 Å². The van der Waals surface area contributed by atoms with Gasteiger partial charge in [-0.15, -0.1) is 5.10 Å². The third kappa shape index (κ3) is 2.16. The van der Waals surface area contributed by atoms with Gasteiger partial charge in [0.05, 0.1) is 6.54 Å². The summed E-state index contributed by atoms with van der Waals surface area (Å²) in [5, 5.41) is 3.90. The molecule has 0 unspecified atom stereocenters. The number of Topliss-reactive ketones (excluding diaryl/α,β-unsaturated/α-hetero) is 1. The summed E-state index contributed by atoms with van der Waals surface area (Å²) in [4.78, 5) is 22.8. The van der Waals surface area contributed by atoms with Crippen LogP contribution in [0.4, 0.5) is 0 Å². The van der Waals surface area contributed by atoms with Crippen LogP contribution in [0.25, 0.3) is 0 Å². The van der Waals surface area contributed by atoms with E-state index in [2.05, 4.69) is 5.10 Å². The quantitative estimate of drug-likeness (QED) is 0.697. The third-order valence-corrected chi connectivity index (χ3v) is 2.47. The van der Waals surface area contributed by atoms with Crippen molar-refractivity contribution in [3.63, 3.8) is 0 Å². The highest BCUT2D eigenvalue weighted by atomic mass is 16.4. The van der Waals surface area contributed by atoms with Crippen molar-refractivity contribution < 1.29 is 9.21 Å². The van der Waals surface area contributed by atoms with Gasteiger partial charge in [-0.3, -0.25) is 4.79 Å². The second-order valence-corrected chi connectivity index (χ2v) is 4.32. The normalized spacial score (nSPS) is 15.9. The van der Waals surface area contributed by atoms with Crippen molar-refractivity contribution in [2.24, 2.45) is 11.8 Å². The van der Waals surface area contributed by atoms with Crippen LogP contribution < -0.4 is 5.76 Å². The Morgan fingerprint density at radius 3 is 2.80 bits per heavy atom. The van der Waals surface area contributed by atoms with Crippen LogP contribution in [0.1, 0.15) is 37.4 Å². The van der Waals surface area contributed by atoms with Gasteiger partial charge in [-0.05, 0) is 18.8 Å². The van der Waals surface area contributed by atoms with Crippen molar-refractivity contribution in [3.8, 4) is 0 Å². The molecule has 1 aromatic rings. The number of rotatable bonds is 4. The molecule has 0 saturated heterocycles. The van der Waals surface area contributed by atoms with E-state index in [4.69, 9.17) is 4.42 Å². The van der Waals surface area contributed by atoms with Crippen molar-refractivity contribution in [3.05, 3.63) is 16.4 Å². The SMILES string of the molecule is CC(C)C(=O)c1nn(CC2CC2)c(=O)o1. The fourth-order valence-electron chi connectivity index (χ4n) is 1.31. The molecule has 1 aliphatic carbocycles. The predicted octanol–water partition coefficient (Wildman–Crippen LogP) is 1.08. The van der Waals surface area contributed by atoms with E-state index in [1.807, 2.05) is 0 Å². The maximum Gasteiger partial charge on any atom is 0.437 e. The van der Waals surface area contributed by atoms with Gasteiger partial charge in [0.2, 0.25) is 5.78 Å². The first kappa shape index (κ1) is 10.1. The van der Waals surface area contributed by atoms with Crippen LogP contribution in [-0.4, -0.2) is 15.6 Å². The monoisotopic (exact) mass is 210 g/mol. The molecule has 1 aliphatic rings. The van der Waals surface area contributed by atoms with Gasteiger partial charge in [-0.25, -0.2) is 4.79 Å². The fourth-order valence-corrected chi connectivity index (χ4v) is 1.31. The highest BCUT2D eigenvalue weighted by Gasteiger charge is 2.25. The van der Waals surface area contributed by atoms with Crippen LogP contribution in [0, 0.1) is 11.8 Å². The molecule has 5 heteroatoms. The van der Waals surface area contributed by atoms with Crippen molar-refractivity contribution >= 4 is 5.78 Å². The number of hydrogen-bond acceptors (Lipinski definition) is 4. The summed E-state index contributed by atoms with van der Waals surface area (Å²) in [6, 6.07) is 0. The fraction of sp³-hybridized carbons (Fsp3) is 0.700. The highest BCUT2D eigenvalue weighted by Crippen LogP contribution is 2.29. The van der Waals surface area contributed by atoms with Crippen molar-refractivity contribution in [2.45, 2.75) is 33.2 Å². The van der Waals surface area contributed by atoms with Crippen LogP contribution in [0.2, 0.25) is 0 Å². The first-order chi connectivity index (χ1) is 7.08. The summed E-state index contributed by atoms with van der Waals surface area (Å²) < 4.78 is 6.07. The van der Waals surface area contributed by atoms with Crippen molar-refractivity contribution in [1.82, 2.24) is 9.78 Å². The highest BCUT2D eigenvalue weighted by molar-refractivity contribution is 5.92. The summed E-state index contributed by atoms with van der Waals surface area (Å²) in [6.07, 6.45) is 2.26. The smallest absolute Gasteiger partial charge is 0.384 e. The van der Waals surface area contributed by atoms with E-state index in [1.54, 1.807) is 13.8 Å². The second-order valence-electron chi connectivity index (χ2n) is 4.32. The molecule has 0 bridgehead atoms. The van der Waals surface area contributed by atoms with Crippen LogP contribution >= 0.6 is 0 Å². The van der Waals surface area contributed by atoms with Gasteiger partial charge in [0.15, 0.2) is 0 Å². The van der Waals surface area contributed by atoms with Crippen LogP contribution in [0.3, 0.4) is 0 Å². The third-order valence-electron chi connectivity index (χ3n) is 2.47. The van der Waals surface area contributed by atoms with Crippen LogP contribution in [0.15, 0.2) is 9.21 Å². The Balaban J connectivity index is 2.19. The zero-order chi connectivity index (χ0) is 11.0.